The van der Waals surface area contributed by atoms with Gasteiger partial charge in [-0.15, -0.1) is 0 Å². The van der Waals surface area contributed by atoms with Crippen LogP contribution < -0.4 is 10.9 Å². The zero-order chi connectivity index (χ0) is 13.2. The van der Waals surface area contributed by atoms with Crippen molar-refractivity contribution in [3.63, 3.8) is 0 Å². The maximum Gasteiger partial charge on any atom is 0.266 e. The number of aromatic nitrogens is 2. The van der Waals surface area contributed by atoms with Crippen molar-refractivity contribution in [1.82, 2.24) is 9.97 Å². The minimum Gasteiger partial charge on any atom is -0.366 e. The molecule has 19 heavy (non-hydrogen) atoms. The van der Waals surface area contributed by atoms with E-state index in [0.717, 1.165) is 19.3 Å². The van der Waals surface area contributed by atoms with Crippen LogP contribution in [0, 0.1) is 3.57 Å². The summed E-state index contributed by atoms with van der Waals surface area (Å²) in [6.45, 7) is 0. The monoisotopic (exact) mass is 367 g/mol. The number of benzene rings is 1. The minimum absolute atomic E-state index is 0.0886. The Morgan fingerprint density at radius 3 is 2.95 bits per heavy atom. The number of aromatic amines is 1. The molecule has 0 saturated heterocycles. The standard InChI is InChI=1S/C14H14IN3O/c15-12-13(16-8-17-14(12)19)18-11-6-5-9-3-1-2-4-10(9)7-11/h1-4,8,11H,5-7H2,(H2,16,17,18,19). The van der Waals surface area contributed by atoms with Gasteiger partial charge < -0.3 is 10.3 Å². The number of aryl methyl sites for hydroxylation is 1. The van der Waals surface area contributed by atoms with Gasteiger partial charge in [-0.3, -0.25) is 4.79 Å². The highest BCUT2D eigenvalue weighted by atomic mass is 127. The molecule has 1 unspecified atom stereocenters. The quantitative estimate of drug-likeness (QED) is 0.802. The van der Waals surface area contributed by atoms with Gasteiger partial charge in [0.2, 0.25) is 0 Å². The number of hydrogen-bond acceptors (Lipinski definition) is 3. The molecule has 0 fully saturated rings. The number of nitrogens with zero attached hydrogens (tertiary/aromatic N) is 1. The van der Waals surface area contributed by atoms with Gasteiger partial charge in [0.05, 0.1) is 6.33 Å². The van der Waals surface area contributed by atoms with Gasteiger partial charge in [0.15, 0.2) is 0 Å². The first-order chi connectivity index (χ1) is 9.24. The van der Waals surface area contributed by atoms with Crippen LogP contribution in [0.2, 0.25) is 0 Å². The second-order valence-electron chi connectivity index (χ2n) is 4.75. The van der Waals surface area contributed by atoms with Crippen LogP contribution in [-0.4, -0.2) is 16.0 Å². The fourth-order valence-corrected chi connectivity index (χ4v) is 2.95. The van der Waals surface area contributed by atoms with E-state index in [-0.39, 0.29) is 5.56 Å². The fourth-order valence-electron chi connectivity index (χ4n) is 2.50. The van der Waals surface area contributed by atoms with Crippen LogP contribution in [0.1, 0.15) is 17.5 Å². The zero-order valence-electron chi connectivity index (χ0n) is 10.3. The molecule has 0 spiro atoms. The number of nitrogens with one attached hydrogen (secondary N) is 2. The molecule has 4 nitrogen and oxygen atoms in total. The average Bonchev–Trinajstić information content (AvgIpc) is 2.44. The molecule has 0 bridgehead atoms. The molecule has 2 aromatic rings. The Bertz CT molecular complexity index is 653. The van der Waals surface area contributed by atoms with Crippen LogP contribution in [0.4, 0.5) is 5.82 Å². The Morgan fingerprint density at radius 1 is 1.32 bits per heavy atom. The van der Waals surface area contributed by atoms with Gasteiger partial charge in [0, 0.05) is 6.04 Å². The van der Waals surface area contributed by atoms with Crippen molar-refractivity contribution in [3.8, 4) is 0 Å². The first-order valence-electron chi connectivity index (χ1n) is 6.30. The predicted molar refractivity (Wildman–Crippen MR) is 83.5 cm³/mol. The Kier molecular flexibility index (Phi) is 3.54. The lowest BCUT2D eigenvalue weighted by Crippen LogP contribution is -2.29. The summed E-state index contributed by atoms with van der Waals surface area (Å²) in [6.07, 6.45) is 4.58. The summed E-state index contributed by atoms with van der Waals surface area (Å²) in [5, 5.41) is 3.39. The smallest absolute Gasteiger partial charge is 0.266 e. The first kappa shape index (κ1) is 12.7. The fraction of sp³-hybridized carbons (Fsp3) is 0.286. The maximum absolute atomic E-state index is 11.5. The molecule has 1 aliphatic carbocycles. The molecule has 0 saturated carbocycles. The van der Waals surface area contributed by atoms with Crippen molar-refractivity contribution in [2.75, 3.05) is 5.32 Å². The second kappa shape index (κ2) is 5.32. The molecule has 0 radical (unpaired) electrons. The van der Waals surface area contributed by atoms with Gasteiger partial charge in [0.25, 0.3) is 5.56 Å². The van der Waals surface area contributed by atoms with Gasteiger partial charge >= 0.3 is 0 Å². The molecule has 0 amide bonds. The molecule has 5 heteroatoms. The molecule has 2 N–H and O–H groups in total. The molecule has 1 aromatic carbocycles. The van der Waals surface area contributed by atoms with Crippen LogP contribution >= 0.6 is 22.6 Å². The Labute approximate surface area is 124 Å². The van der Waals surface area contributed by atoms with E-state index in [1.54, 1.807) is 0 Å². The normalized spacial score (nSPS) is 17.8. The van der Waals surface area contributed by atoms with Crippen LogP contribution in [0.15, 0.2) is 35.4 Å². The molecule has 1 heterocycles. The zero-order valence-corrected chi connectivity index (χ0v) is 12.5. The SMILES string of the molecule is O=c1[nH]cnc(NC2CCc3ccccc3C2)c1I. The summed E-state index contributed by atoms with van der Waals surface area (Å²) in [5.41, 5.74) is 2.74. The number of fused-ring (bicyclic) bond motifs is 1. The van der Waals surface area contributed by atoms with Gasteiger partial charge in [-0.25, -0.2) is 4.98 Å². The van der Waals surface area contributed by atoms with Crippen molar-refractivity contribution in [3.05, 3.63) is 55.6 Å². The van der Waals surface area contributed by atoms with E-state index >= 15 is 0 Å². The van der Waals surface area contributed by atoms with Crippen LogP contribution in [0.25, 0.3) is 0 Å². The summed E-state index contributed by atoms with van der Waals surface area (Å²) in [6, 6.07) is 8.89. The summed E-state index contributed by atoms with van der Waals surface area (Å²) in [7, 11) is 0. The van der Waals surface area contributed by atoms with Crippen LogP contribution in [-0.2, 0) is 12.8 Å². The van der Waals surface area contributed by atoms with Crippen LogP contribution in [0.5, 0.6) is 0 Å². The van der Waals surface area contributed by atoms with Gasteiger partial charge in [0.1, 0.15) is 9.39 Å². The van der Waals surface area contributed by atoms with Gasteiger partial charge in [-0.1, -0.05) is 24.3 Å². The summed E-state index contributed by atoms with van der Waals surface area (Å²) in [5.74, 6) is 0.689. The number of H-pyrrole nitrogens is 1. The lowest BCUT2D eigenvalue weighted by Gasteiger charge is -2.26. The van der Waals surface area contributed by atoms with Crippen molar-refractivity contribution in [2.24, 2.45) is 0 Å². The number of halogens is 1. The summed E-state index contributed by atoms with van der Waals surface area (Å²) in [4.78, 5) is 18.3. The van der Waals surface area contributed by atoms with Gasteiger partial charge in [-0.2, -0.15) is 0 Å². The lowest BCUT2D eigenvalue weighted by molar-refractivity contribution is 0.608. The maximum atomic E-state index is 11.5. The highest BCUT2D eigenvalue weighted by Crippen LogP contribution is 2.23. The van der Waals surface area contributed by atoms with E-state index < -0.39 is 0 Å². The van der Waals surface area contributed by atoms with E-state index in [1.807, 2.05) is 22.6 Å². The Hall–Kier alpha value is -1.37. The third kappa shape index (κ3) is 2.65. The average molecular weight is 367 g/mol. The van der Waals surface area contributed by atoms with Gasteiger partial charge in [-0.05, 0) is 53.0 Å². The van der Waals surface area contributed by atoms with E-state index in [9.17, 15) is 4.79 Å². The van der Waals surface area contributed by atoms with Crippen molar-refractivity contribution in [2.45, 2.75) is 25.3 Å². The van der Waals surface area contributed by atoms with E-state index in [2.05, 4.69) is 39.6 Å². The Morgan fingerprint density at radius 2 is 2.11 bits per heavy atom. The highest BCUT2D eigenvalue weighted by molar-refractivity contribution is 14.1. The third-order valence-corrected chi connectivity index (χ3v) is 4.49. The molecule has 1 aliphatic rings. The second-order valence-corrected chi connectivity index (χ2v) is 5.83. The first-order valence-corrected chi connectivity index (χ1v) is 7.38. The highest BCUT2D eigenvalue weighted by Gasteiger charge is 2.19. The molecule has 3 rings (SSSR count). The number of rotatable bonds is 2. The minimum atomic E-state index is -0.0886. The molecule has 1 atom stereocenters. The summed E-state index contributed by atoms with van der Waals surface area (Å²) >= 11 is 2.03. The molecule has 98 valence electrons. The molecular weight excluding hydrogens is 353 g/mol. The largest absolute Gasteiger partial charge is 0.366 e. The number of hydrogen-bond donors (Lipinski definition) is 2. The lowest BCUT2D eigenvalue weighted by atomic mass is 9.88. The topological polar surface area (TPSA) is 57.8 Å². The summed E-state index contributed by atoms with van der Waals surface area (Å²) < 4.78 is 0.624. The van der Waals surface area contributed by atoms with Crippen LogP contribution in [0.3, 0.4) is 0 Å². The number of anilines is 1. The Balaban J connectivity index is 1.79. The third-order valence-electron chi connectivity index (χ3n) is 3.48. The van der Waals surface area contributed by atoms with Crippen molar-refractivity contribution >= 4 is 28.4 Å². The van der Waals surface area contributed by atoms with E-state index in [0.29, 0.717) is 15.4 Å². The molecule has 0 aliphatic heterocycles. The van der Waals surface area contributed by atoms with Crippen molar-refractivity contribution < 1.29 is 0 Å². The van der Waals surface area contributed by atoms with Crippen molar-refractivity contribution in [1.29, 1.82) is 0 Å². The van der Waals surface area contributed by atoms with E-state index in [4.69, 9.17) is 0 Å². The molecule has 1 aromatic heterocycles. The van der Waals surface area contributed by atoms with E-state index in [1.165, 1.54) is 17.5 Å². The molecular formula is C14H14IN3O. The predicted octanol–water partition coefficient (Wildman–Crippen LogP) is 2.34.